The maximum Gasteiger partial charge on any atom is 0.224 e. The zero-order chi connectivity index (χ0) is 13.4. The smallest absolute Gasteiger partial charge is 0.224 e. The Bertz CT molecular complexity index is 721. The number of rotatable bonds is 3. The summed E-state index contributed by atoms with van der Waals surface area (Å²) < 4.78 is 0.762. The van der Waals surface area contributed by atoms with Crippen LogP contribution < -0.4 is 11.1 Å². The van der Waals surface area contributed by atoms with E-state index in [1.807, 2.05) is 19.1 Å². The molecule has 8 heteroatoms. The van der Waals surface area contributed by atoms with E-state index in [9.17, 15) is 0 Å². The fourth-order valence-corrected chi connectivity index (χ4v) is 2.85. The van der Waals surface area contributed by atoms with Crippen molar-refractivity contribution in [1.29, 1.82) is 0 Å². The van der Waals surface area contributed by atoms with Crippen LogP contribution in [-0.4, -0.2) is 19.9 Å². The summed E-state index contributed by atoms with van der Waals surface area (Å²) in [5.74, 6) is 0.829. The number of hydrogen-bond acceptors (Lipinski definition) is 6. The van der Waals surface area contributed by atoms with Gasteiger partial charge in [-0.1, -0.05) is 11.6 Å². The summed E-state index contributed by atoms with van der Waals surface area (Å²) in [7, 11) is 0. The molecule has 0 amide bonds. The maximum atomic E-state index is 5.94. The highest BCUT2D eigenvalue weighted by atomic mass is 35.5. The number of nitrogens with two attached hydrogens (primary N) is 1. The third kappa shape index (κ3) is 2.34. The van der Waals surface area contributed by atoms with Gasteiger partial charge in [0.05, 0.1) is 16.7 Å². The predicted molar refractivity (Wildman–Crippen MR) is 77.5 cm³/mol. The summed E-state index contributed by atoms with van der Waals surface area (Å²) in [5, 5.41) is 3.29. The number of aromatic amines is 1. The van der Waals surface area contributed by atoms with Gasteiger partial charge in [0, 0.05) is 4.88 Å². The number of fused-ring (bicyclic) bond motifs is 1. The van der Waals surface area contributed by atoms with E-state index in [0.29, 0.717) is 11.5 Å². The molecule has 3 aromatic heterocycles. The fourth-order valence-electron chi connectivity index (χ4n) is 1.79. The molecule has 19 heavy (non-hydrogen) atoms. The molecule has 1 unspecified atom stereocenters. The van der Waals surface area contributed by atoms with E-state index in [0.717, 1.165) is 14.7 Å². The number of nitrogens with one attached hydrogen (secondary N) is 2. The Balaban J connectivity index is 1.94. The first kappa shape index (κ1) is 12.2. The lowest BCUT2D eigenvalue weighted by atomic mass is 10.3. The number of nitrogen functional groups attached to an aromatic ring is 1. The molecule has 0 radical (unpaired) electrons. The standard InChI is InChI=1S/C11H11ClN6S/c1-5(6-2-3-7(12)19-6)16-10-8-9(15-4-14-8)17-11(13)18-10/h2-5H,1H3,(H4,13,14,15,16,17,18). The van der Waals surface area contributed by atoms with E-state index < -0.39 is 0 Å². The normalized spacial score (nSPS) is 12.7. The lowest BCUT2D eigenvalue weighted by Gasteiger charge is -2.13. The van der Waals surface area contributed by atoms with Crippen LogP contribution in [0.5, 0.6) is 0 Å². The molecule has 3 rings (SSSR count). The maximum absolute atomic E-state index is 5.94. The van der Waals surface area contributed by atoms with Crippen molar-refractivity contribution in [3.05, 3.63) is 27.7 Å². The summed E-state index contributed by atoms with van der Waals surface area (Å²) in [6.45, 7) is 2.03. The van der Waals surface area contributed by atoms with Gasteiger partial charge >= 0.3 is 0 Å². The second kappa shape index (κ2) is 4.67. The summed E-state index contributed by atoms with van der Waals surface area (Å²) in [4.78, 5) is 16.4. The van der Waals surface area contributed by atoms with E-state index >= 15 is 0 Å². The van der Waals surface area contributed by atoms with Gasteiger partial charge in [0.15, 0.2) is 11.5 Å². The minimum atomic E-state index is 0.0679. The van der Waals surface area contributed by atoms with Crippen LogP contribution in [0.25, 0.3) is 11.2 Å². The Morgan fingerprint density at radius 2 is 2.26 bits per heavy atom. The first-order valence-electron chi connectivity index (χ1n) is 5.62. The number of imidazole rings is 1. The van der Waals surface area contributed by atoms with Gasteiger partial charge < -0.3 is 16.0 Å². The SMILES string of the molecule is CC(Nc1nc(N)nc2nc[nH]c12)c1ccc(Cl)s1. The second-order valence-electron chi connectivity index (χ2n) is 4.04. The van der Waals surface area contributed by atoms with E-state index in [1.165, 1.54) is 11.3 Å². The topological polar surface area (TPSA) is 92.5 Å². The lowest BCUT2D eigenvalue weighted by Crippen LogP contribution is -2.09. The van der Waals surface area contributed by atoms with Gasteiger partial charge in [-0.2, -0.15) is 9.97 Å². The first-order chi connectivity index (χ1) is 9.13. The van der Waals surface area contributed by atoms with Crippen molar-refractivity contribution in [2.45, 2.75) is 13.0 Å². The molecule has 4 N–H and O–H groups in total. The highest BCUT2D eigenvalue weighted by Crippen LogP contribution is 2.29. The Hall–Kier alpha value is -1.86. The quantitative estimate of drug-likeness (QED) is 0.691. The number of nitrogens with zero attached hydrogens (tertiary/aromatic N) is 3. The minimum Gasteiger partial charge on any atom is -0.368 e. The van der Waals surface area contributed by atoms with Gasteiger partial charge in [-0.05, 0) is 19.1 Å². The fraction of sp³-hybridized carbons (Fsp3) is 0.182. The molecule has 0 fully saturated rings. The van der Waals surface area contributed by atoms with Gasteiger partial charge in [0.25, 0.3) is 0 Å². The summed E-state index contributed by atoms with van der Waals surface area (Å²) >= 11 is 7.47. The highest BCUT2D eigenvalue weighted by molar-refractivity contribution is 7.16. The zero-order valence-corrected chi connectivity index (χ0v) is 11.6. The third-order valence-electron chi connectivity index (χ3n) is 2.68. The second-order valence-corrected chi connectivity index (χ2v) is 5.79. The zero-order valence-electron chi connectivity index (χ0n) is 10.0. The van der Waals surface area contributed by atoms with Crippen molar-refractivity contribution in [1.82, 2.24) is 19.9 Å². The van der Waals surface area contributed by atoms with Crippen molar-refractivity contribution in [3.8, 4) is 0 Å². The van der Waals surface area contributed by atoms with Crippen LogP contribution in [-0.2, 0) is 0 Å². The average molecular weight is 295 g/mol. The van der Waals surface area contributed by atoms with Crippen LogP contribution in [0.4, 0.5) is 11.8 Å². The minimum absolute atomic E-state index is 0.0679. The van der Waals surface area contributed by atoms with Crippen LogP contribution >= 0.6 is 22.9 Å². The van der Waals surface area contributed by atoms with Crippen molar-refractivity contribution in [3.63, 3.8) is 0 Å². The van der Waals surface area contributed by atoms with Crippen molar-refractivity contribution in [2.24, 2.45) is 0 Å². The van der Waals surface area contributed by atoms with Crippen LogP contribution in [0.2, 0.25) is 4.34 Å². The van der Waals surface area contributed by atoms with Gasteiger partial charge in [-0.3, -0.25) is 0 Å². The van der Waals surface area contributed by atoms with E-state index in [2.05, 4.69) is 25.3 Å². The largest absolute Gasteiger partial charge is 0.368 e. The molecule has 0 aromatic carbocycles. The molecule has 3 heterocycles. The highest BCUT2D eigenvalue weighted by Gasteiger charge is 2.13. The predicted octanol–water partition coefficient (Wildman–Crippen LogP) is 2.82. The molecule has 0 aliphatic rings. The molecular weight excluding hydrogens is 284 g/mol. The number of aromatic nitrogens is 4. The number of anilines is 2. The average Bonchev–Trinajstić information content (AvgIpc) is 2.97. The molecule has 1 atom stereocenters. The Morgan fingerprint density at radius 1 is 1.42 bits per heavy atom. The number of thiophene rings is 1. The first-order valence-corrected chi connectivity index (χ1v) is 6.81. The van der Waals surface area contributed by atoms with E-state index in [1.54, 1.807) is 6.33 Å². The molecule has 0 spiro atoms. The number of H-pyrrole nitrogens is 1. The Labute approximate surface area is 118 Å². The summed E-state index contributed by atoms with van der Waals surface area (Å²) in [5.41, 5.74) is 6.95. The monoisotopic (exact) mass is 294 g/mol. The number of halogens is 1. The molecule has 6 nitrogen and oxygen atoms in total. The van der Waals surface area contributed by atoms with Crippen LogP contribution in [0.3, 0.4) is 0 Å². The van der Waals surface area contributed by atoms with Crippen molar-refractivity contribution >= 4 is 45.9 Å². The van der Waals surface area contributed by atoms with Crippen LogP contribution in [0.1, 0.15) is 17.8 Å². The Morgan fingerprint density at radius 3 is 3.00 bits per heavy atom. The van der Waals surface area contributed by atoms with Gasteiger partial charge in [-0.25, -0.2) is 4.98 Å². The molecule has 0 aliphatic heterocycles. The molecule has 0 saturated carbocycles. The van der Waals surface area contributed by atoms with Gasteiger partial charge in [-0.15, -0.1) is 11.3 Å². The summed E-state index contributed by atoms with van der Waals surface area (Å²) in [6, 6.07) is 3.93. The lowest BCUT2D eigenvalue weighted by molar-refractivity contribution is 0.898. The molecule has 0 bridgehead atoms. The van der Waals surface area contributed by atoms with Crippen molar-refractivity contribution in [2.75, 3.05) is 11.1 Å². The van der Waals surface area contributed by atoms with Gasteiger partial charge in [0.1, 0.15) is 5.52 Å². The molecular formula is C11H11ClN6S. The van der Waals surface area contributed by atoms with Crippen molar-refractivity contribution < 1.29 is 0 Å². The van der Waals surface area contributed by atoms with E-state index in [4.69, 9.17) is 17.3 Å². The molecule has 0 saturated heterocycles. The number of hydrogen-bond donors (Lipinski definition) is 3. The van der Waals surface area contributed by atoms with E-state index in [-0.39, 0.29) is 12.0 Å². The Kier molecular flexibility index (Phi) is 3.00. The van der Waals surface area contributed by atoms with Gasteiger partial charge in [0.2, 0.25) is 5.95 Å². The molecule has 98 valence electrons. The summed E-state index contributed by atoms with van der Waals surface area (Å²) in [6.07, 6.45) is 1.57. The third-order valence-corrected chi connectivity index (χ3v) is 4.09. The molecule has 3 aromatic rings. The van der Waals surface area contributed by atoms with Crippen LogP contribution in [0, 0.1) is 0 Å². The van der Waals surface area contributed by atoms with Crippen LogP contribution in [0.15, 0.2) is 18.5 Å². The molecule has 0 aliphatic carbocycles.